The van der Waals surface area contributed by atoms with Gasteiger partial charge in [0.15, 0.2) is 6.10 Å². The number of carbonyl (C=O) groups excluding carboxylic acids is 3. The van der Waals surface area contributed by atoms with E-state index in [4.69, 9.17) is 14.2 Å². The molecular formula is C49H92O6. The molecule has 1 atom stereocenters. The standard InChI is InChI=1S/C49H92O6/c1-4-7-10-13-16-18-20-22-24-26-28-30-33-36-39-42-48(51)54-45-46(44-53-47(50)41-38-35-32-15-12-9-6-3)55-49(52)43-40-37-34-31-29-27-25-23-21-19-17-14-11-8-5-2/h6,46H,3-5,7-45H2,1-2H3. The van der Waals surface area contributed by atoms with Gasteiger partial charge in [-0.05, 0) is 32.1 Å². The molecule has 0 N–H and O–H groups in total. The molecule has 0 radical (unpaired) electrons. The van der Waals surface area contributed by atoms with Crippen LogP contribution in [-0.2, 0) is 28.6 Å². The maximum Gasteiger partial charge on any atom is 0.306 e. The van der Waals surface area contributed by atoms with Crippen LogP contribution >= 0.6 is 0 Å². The highest BCUT2D eigenvalue weighted by Crippen LogP contribution is 2.16. The largest absolute Gasteiger partial charge is 0.462 e. The molecule has 0 bridgehead atoms. The van der Waals surface area contributed by atoms with E-state index >= 15 is 0 Å². The van der Waals surface area contributed by atoms with Crippen molar-refractivity contribution in [2.75, 3.05) is 13.2 Å². The molecule has 0 spiro atoms. The van der Waals surface area contributed by atoms with Gasteiger partial charge in [-0.25, -0.2) is 0 Å². The van der Waals surface area contributed by atoms with E-state index in [0.717, 1.165) is 77.0 Å². The maximum atomic E-state index is 12.7. The number of hydrogen-bond acceptors (Lipinski definition) is 6. The van der Waals surface area contributed by atoms with Crippen LogP contribution in [0.2, 0.25) is 0 Å². The fraction of sp³-hybridized carbons (Fsp3) is 0.898. The lowest BCUT2D eigenvalue weighted by Gasteiger charge is -2.18. The summed E-state index contributed by atoms with van der Waals surface area (Å²) in [6.45, 7) is 8.16. The highest BCUT2D eigenvalue weighted by atomic mass is 16.6. The van der Waals surface area contributed by atoms with Crippen molar-refractivity contribution in [2.45, 2.75) is 270 Å². The minimum atomic E-state index is -0.767. The van der Waals surface area contributed by atoms with E-state index in [1.54, 1.807) is 0 Å². The van der Waals surface area contributed by atoms with Gasteiger partial charge in [0.05, 0.1) is 0 Å². The molecule has 0 saturated carbocycles. The van der Waals surface area contributed by atoms with Crippen LogP contribution in [0.15, 0.2) is 12.7 Å². The lowest BCUT2D eigenvalue weighted by atomic mass is 10.0. The summed E-state index contributed by atoms with van der Waals surface area (Å²) in [5.41, 5.74) is 0. The second kappa shape index (κ2) is 44.9. The van der Waals surface area contributed by atoms with Gasteiger partial charge < -0.3 is 14.2 Å². The van der Waals surface area contributed by atoms with Crippen molar-refractivity contribution in [1.29, 1.82) is 0 Å². The van der Waals surface area contributed by atoms with Gasteiger partial charge in [-0.15, -0.1) is 6.58 Å². The Morgan fingerprint density at radius 3 is 0.927 bits per heavy atom. The third kappa shape index (κ3) is 43.1. The first-order valence-electron chi connectivity index (χ1n) is 24.1. The van der Waals surface area contributed by atoms with E-state index in [2.05, 4.69) is 20.4 Å². The Morgan fingerprint density at radius 2 is 0.636 bits per heavy atom. The first-order valence-corrected chi connectivity index (χ1v) is 24.1. The Kier molecular flexibility index (Phi) is 43.4. The van der Waals surface area contributed by atoms with E-state index in [1.165, 1.54) is 154 Å². The molecule has 0 rings (SSSR count). The highest BCUT2D eigenvalue weighted by Gasteiger charge is 2.19. The molecule has 0 aliphatic rings. The molecule has 0 fully saturated rings. The van der Waals surface area contributed by atoms with Crippen LogP contribution in [0.1, 0.15) is 264 Å². The zero-order chi connectivity index (χ0) is 40.1. The topological polar surface area (TPSA) is 78.9 Å². The molecule has 55 heavy (non-hydrogen) atoms. The molecular weight excluding hydrogens is 685 g/mol. The van der Waals surface area contributed by atoms with Crippen molar-refractivity contribution in [3.8, 4) is 0 Å². The Balaban J connectivity index is 4.22. The predicted octanol–water partition coefficient (Wildman–Crippen LogP) is 15.4. The van der Waals surface area contributed by atoms with Gasteiger partial charge in [0, 0.05) is 19.3 Å². The van der Waals surface area contributed by atoms with Gasteiger partial charge in [-0.3, -0.25) is 14.4 Å². The molecule has 0 aliphatic heterocycles. The average Bonchev–Trinajstić information content (AvgIpc) is 3.18. The number of carbonyl (C=O) groups is 3. The van der Waals surface area contributed by atoms with Gasteiger partial charge in [-0.1, -0.05) is 219 Å². The SMILES string of the molecule is C=CCCCCCCCC(=O)OCC(COC(=O)CCCCCCCCCCCCCCCCC)OC(=O)CCCCCCCCCCCCCCCCC. The summed E-state index contributed by atoms with van der Waals surface area (Å²) in [5, 5.41) is 0. The number of unbranched alkanes of at least 4 members (excludes halogenated alkanes) is 33. The first kappa shape index (κ1) is 53.1. The molecule has 6 heteroatoms. The van der Waals surface area contributed by atoms with Crippen molar-refractivity contribution in [1.82, 2.24) is 0 Å². The number of allylic oxidation sites excluding steroid dienone is 1. The summed E-state index contributed by atoms with van der Waals surface area (Å²) >= 11 is 0. The van der Waals surface area contributed by atoms with Crippen LogP contribution in [0.5, 0.6) is 0 Å². The molecule has 324 valence electrons. The molecule has 0 heterocycles. The molecule has 0 saturated heterocycles. The predicted molar refractivity (Wildman–Crippen MR) is 233 cm³/mol. The normalized spacial score (nSPS) is 11.7. The van der Waals surface area contributed by atoms with E-state index in [0.29, 0.717) is 19.3 Å². The van der Waals surface area contributed by atoms with Gasteiger partial charge in [0.2, 0.25) is 0 Å². The van der Waals surface area contributed by atoms with E-state index < -0.39 is 6.10 Å². The van der Waals surface area contributed by atoms with Crippen molar-refractivity contribution in [3.05, 3.63) is 12.7 Å². The van der Waals surface area contributed by atoms with Crippen molar-refractivity contribution >= 4 is 17.9 Å². The summed E-state index contributed by atoms with van der Waals surface area (Å²) in [4.78, 5) is 37.7. The third-order valence-corrected chi connectivity index (χ3v) is 10.9. The van der Waals surface area contributed by atoms with Crippen molar-refractivity contribution in [3.63, 3.8) is 0 Å². The van der Waals surface area contributed by atoms with E-state index in [9.17, 15) is 14.4 Å². The maximum absolute atomic E-state index is 12.7. The van der Waals surface area contributed by atoms with Crippen molar-refractivity contribution < 1.29 is 28.6 Å². The minimum absolute atomic E-state index is 0.0707. The highest BCUT2D eigenvalue weighted by molar-refractivity contribution is 5.71. The number of esters is 3. The summed E-state index contributed by atoms with van der Waals surface area (Å²) < 4.78 is 16.7. The second-order valence-electron chi connectivity index (χ2n) is 16.5. The quantitative estimate of drug-likeness (QED) is 0.0265. The summed E-state index contributed by atoms with van der Waals surface area (Å²) in [7, 11) is 0. The Hall–Kier alpha value is -1.85. The summed E-state index contributed by atoms with van der Waals surface area (Å²) in [6, 6.07) is 0. The molecule has 0 aromatic heterocycles. The molecule has 0 aliphatic carbocycles. The number of rotatable bonds is 45. The van der Waals surface area contributed by atoms with Crippen LogP contribution in [0.3, 0.4) is 0 Å². The zero-order valence-electron chi connectivity index (χ0n) is 36.8. The Labute approximate surface area is 341 Å². The summed E-state index contributed by atoms with van der Waals surface area (Å²) in [5.74, 6) is -0.881. The lowest BCUT2D eigenvalue weighted by Crippen LogP contribution is -2.30. The molecule has 0 aromatic rings. The van der Waals surface area contributed by atoms with Crippen LogP contribution in [-0.4, -0.2) is 37.2 Å². The number of hydrogen-bond donors (Lipinski definition) is 0. The fourth-order valence-corrected chi connectivity index (χ4v) is 7.25. The molecule has 0 aromatic carbocycles. The monoisotopic (exact) mass is 777 g/mol. The van der Waals surface area contributed by atoms with Crippen LogP contribution in [0, 0.1) is 0 Å². The number of ether oxygens (including phenoxy) is 3. The molecule has 6 nitrogen and oxygen atoms in total. The van der Waals surface area contributed by atoms with Crippen LogP contribution in [0.25, 0.3) is 0 Å². The molecule has 0 amide bonds. The van der Waals surface area contributed by atoms with Gasteiger partial charge in [0.25, 0.3) is 0 Å². The van der Waals surface area contributed by atoms with E-state index in [1.807, 2.05) is 6.08 Å². The van der Waals surface area contributed by atoms with Crippen LogP contribution in [0.4, 0.5) is 0 Å². The lowest BCUT2D eigenvalue weighted by molar-refractivity contribution is -0.167. The Bertz CT molecular complexity index is 841. The van der Waals surface area contributed by atoms with Gasteiger partial charge >= 0.3 is 17.9 Å². The van der Waals surface area contributed by atoms with Crippen LogP contribution < -0.4 is 0 Å². The van der Waals surface area contributed by atoms with E-state index in [-0.39, 0.29) is 31.1 Å². The van der Waals surface area contributed by atoms with Gasteiger partial charge in [0.1, 0.15) is 13.2 Å². The average molecular weight is 777 g/mol. The van der Waals surface area contributed by atoms with Gasteiger partial charge in [-0.2, -0.15) is 0 Å². The zero-order valence-corrected chi connectivity index (χ0v) is 36.8. The molecule has 1 unspecified atom stereocenters. The van der Waals surface area contributed by atoms with Crippen molar-refractivity contribution in [2.24, 2.45) is 0 Å². The Morgan fingerprint density at radius 1 is 0.382 bits per heavy atom. The third-order valence-electron chi connectivity index (χ3n) is 10.9. The summed E-state index contributed by atoms with van der Waals surface area (Å²) in [6.07, 6.45) is 46.7. The minimum Gasteiger partial charge on any atom is -0.462 e. The smallest absolute Gasteiger partial charge is 0.306 e. The second-order valence-corrected chi connectivity index (χ2v) is 16.5. The first-order chi connectivity index (χ1) is 27.0. The fourth-order valence-electron chi connectivity index (χ4n) is 7.25.